The Labute approximate surface area is 337 Å². The van der Waals surface area contributed by atoms with Crippen molar-refractivity contribution in [1.29, 1.82) is 0 Å². The first-order chi connectivity index (χ1) is 27.3. The number of piperidine rings is 1. The van der Waals surface area contributed by atoms with Gasteiger partial charge in [-0.1, -0.05) is 31.1 Å². The molecule has 57 heavy (non-hydrogen) atoms. The third-order valence-electron chi connectivity index (χ3n) is 13.5. The number of alkyl halides is 1. The fourth-order valence-electron chi connectivity index (χ4n) is 10.5. The number of amides is 1. The van der Waals surface area contributed by atoms with Crippen LogP contribution in [-0.2, 0) is 30.0 Å². The summed E-state index contributed by atoms with van der Waals surface area (Å²) in [6.07, 6.45) is 8.16. The van der Waals surface area contributed by atoms with E-state index in [2.05, 4.69) is 21.2 Å². The van der Waals surface area contributed by atoms with Gasteiger partial charge in [0.1, 0.15) is 5.82 Å². The molecule has 4 heterocycles. The second kappa shape index (κ2) is 17.2. The Kier molecular flexibility index (Phi) is 12.7. The Morgan fingerprint density at radius 1 is 0.912 bits per heavy atom. The number of allylic oxidation sites excluding steroid dienone is 1. The molecule has 7 rings (SSSR count). The van der Waals surface area contributed by atoms with Crippen molar-refractivity contribution in [2.24, 2.45) is 11.8 Å². The lowest BCUT2D eigenvalue weighted by Gasteiger charge is -2.54. The highest BCUT2D eigenvalue weighted by atomic mass is 32.2. The van der Waals surface area contributed by atoms with Crippen LogP contribution in [-0.4, -0.2) is 127 Å². The van der Waals surface area contributed by atoms with Crippen LogP contribution in [0.15, 0.2) is 64.9 Å². The minimum atomic E-state index is -3.80. The molecule has 1 N–H and O–H groups in total. The molecule has 0 spiro atoms. The maximum Gasteiger partial charge on any atom is 0.407 e. The van der Waals surface area contributed by atoms with E-state index < -0.39 is 42.3 Å². The lowest BCUT2D eigenvalue weighted by molar-refractivity contribution is 0.00584. The highest BCUT2D eigenvalue weighted by Crippen LogP contribution is 2.52. The van der Waals surface area contributed by atoms with Crippen molar-refractivity contribution in [1.82, 2.24) is 19.4 Å². The maximum atomic E-state index is 16.3. The van der Waals surface area contributed by atoms with E-state index in [0.29, 0.717) is 32.4 Å². The maximum absolute atomic E-state index is 16.3. The first kappa shape index (κ1) is 42.0. The van der Waals surface area contributed by atoms with Crippen molar-refractivity contribution in [2.75, 3.05) is 77.5 Å². The number of benzene rings is 2. The molecule has 5 aliphatic rings. The van der Waals surface area contributed by atoms with E-state index in [9.17, 15) is 21.6 Å². The zero-order valence-electron chi connectivity index (χ0n) is 33.3. The summed E-state index contributed by atoms with van der Waals surface area (Å²) >= 11 is 0. The highest BCUT2D eigenvalue weighted by Gasteiger charge is 2.54. The number of rotatable bonds is 13. The molecule has 1 amide bonds. The van der Waals surface area contributed by atoms with Crippen LogP contribution in [0.1, 0.15) is 70.3 Å². The van der Waals surface area contributed by atoms with E-state index in [1.165, 1.54) is 23.6 Å². The summed E-state index contributed by atoms with van der Waals surface area (Å²) in [6.45, 7) is 6.76. The van der Waals surface area contributed by atoms with Crippen molar-refractivity contribution in [3.63, 3.8) is 0 Å². The van der Waals surface area contributed by atoms with Crippen LogP contribution in [0.3, 0.4) is 0 Å². The number of methoxy groups -OCH3 is 1. The summed E-state index contributed by atoms with van der Waals surface area (Å²) in [7, 11) is -6.11. The van der Waals surface area contributed by atoms with Crippen LogP contribution in [0.5, 0.6) is 0 Å². The first-order valence-electron chi connectivity index (χ1n) is 20.7. The number of hydrogen-bond donors (Lipinski definition) is 1. The molecular weight excluding hydrogens is 773 g/mol. The van der Waals surface area contributed by atoms with Gasteiger partial charge in [0.15, 0.2) is 15.5 Å². The Bertz CT molecular complexity index is 1970. The van der Waals surface area contributed by atoms with Crippen LogP contribution in [0.4, 0.5) is 19.3 Å². The fraction of sp³-hybridized carbons (Fsp3) is 0.643. The lowest BCUT2D eigenvalue weighted by Crippen LogP contribution is -2.65. The summed E-state index contributed by atoms with van der Waals surface area (Å²) in [5.74, 6) is 0.0526. The summed E-state index contributed by atoms with van der Waals surface area (Å²) in [5, 5.41) is 3.41. The number of ether oxygens (including phenoxy) is 1. The number of carbonyl (C=O) groups excluding carboxylic acids is 1. The number of carbonyl (C=O) groups is 1. The summed E-state index contributed by atoms with van der Waals surface area (Å²) in [5.41, 5.74) is -0.0773. The number of nitrogens with zero attached hydrogens (tertiary/aromatic N) is 4. The van der Waals surface area contributed by atoms with Crippen LogP contribution < -0.4 is 10.2 Å². The average molecular weight is 832 g/mol. The van der Waals surface area contributed by atoms with Crippen LogP contribution >= 0.6 is 0 Å². The third-order valence-corrected chi connectivity index (χ3v) is 17.3. The van der Waals surface area contributed by atoms with Crippen molar-refractivity contribution in [3.8, 4) is 0 Å². The van der Waals surface area contributed by atoms with Crippen molar-refractivity contribution in [2.45, 2.75) is 92.0 Å². The number of alkyl carbamates (subject to hydrolysis) is 1. The van der Waals surface area contributed by atoms with E-state index >= 15 is 8.78 Å². The molecule has 2 aromatic carbocycles. The molecule has 314 valence electrons. The van der Waals surface area contributed by atoms with Gasteiger partial charge in [-0.2, -0.15) is 4.31 Å². The van der Waals surface area contributed by atoms with Crippen LogP contribution in [0.2, 0.25) is 0 Å². The molecule has 1 aliphatic carbocycles. The van der Waals surface area contributed by atoms with Crippen molar-refractivity contribution < 1.29 is 35.1 Å². The number of anilines is 1. The van der Waals surface area contributed by atoms with E-state index in [1.807, 2.05) is 4.90 Å². The minimum absolute atomic E-state index is 0.0809. The number of halogens is 2. The number of sulfone groups is 1. The largest absolute Gasteiger partial charge is 0.453 e. The predicted molar refractivity (Wildman–Crippen MR) is 218 cm³/mol. The van der Waals surface area contributed by atoms with Gasteiger partial charge in [-0.3, -0.25) is 4.90 Å². The highest BCUT2D eigenvalue weighted by molar-refractivity contribution is 7.93. The molecule has 11 nitrogen and oxygen atoms in total. The van der Waals surface area contributed by atoms with E-state index in [-0.39, 0.29) is 48.2 Å². The molecule has 0 radical (unpaired) electrons. The molecule has 0 unspecified atom stereocenters. The predicted octanol–water partition coefficient (Wildman–Crippen LogP) is 5.73. The zero-order chi connectivity index (χ0) is 40.4. The Balaban J connectivity index is 1.000. The van der Waals surface area contributed by atoms with Gasteiger partial charge in [0.05, 0.1) is 30.3 Å². The van der Waals surface area contributed by atoms with Crippen LogP contribution in [0, 0.1) is 17.7 Å². The molecule has 4 aliphatic heterocycles. The zero-order valence-corrected chi connectivity index (χ0v) is 35.0. The number of likely N-dealkylation sites (tertiary alicyclic amines) is 2. The minimum Gasteiger partial charge on any atom is -0.453 e. The second-order valence-electron chi connectivity index (χ2n) is 17.0. The van der Waals surface area contributed by atoms with Gasteiger partial charge in [0, 0.05) is 48.7 Å². The monoisotopic (exact) mass is 831 g/mol. The third kappa shape index (κ3) is 8.92. The van der Waals surface area contributed by atoms with E-state index in [1.54, 1.807) is 43.3 Å². The van der Waals surface area contributed by atoms with Gasteiger partial charge in [-0.05, 0) is 132 Å². The molecule has 5 fully saturated rings. The Morgan fingerprint density at radius 2 is 1.65 bits per heavy atom. The van der Waals surface area contributed by atoms with Crippen molar-refractivity contribution in [3.05, 3.63) is 71.4 Å². The molecule has 4 saturated heterocycles. The van der Waals surface area contributed by atoms with Gasteiger partial charge < -0.3 is 19.9 Å². The topological polar surface area (TPSA) is 120 Å². The normalized spacial score (nSPS) is 26.7. The molecule has 15 heteroatoms. The lowest BCUT2D eigenvalue weighted by atomic mass is 9.57. The number of sulfonamides is 1. The quantitative estimate of drug-likeness (QED) is 0.270. The van der Waals surface area contributed by atoms with Gasteiger partial charge in [0.2, 0.25) is 10.0 Å². The second-order valence-corrected chi connectivity index (χ2v) is 21.1. The Hall–Kier alpha value is -3.11. The summed E-state index contributed by atoms with van der Waals surface area (Å²) in [4.78, 5) is 19.3. The fourth-order valence-corrected chi connectivity index (χ4v) is 13.7. The van der Waals surface area contributed by atoms with E-state index in [4.69, 9.17) is 4.74 Å². The number of nitrogens with one attached hydrogen (secondary N) is 1. The smallest absolute Gasteiger partial charge is 0.407 e. The molecule has 2 aromatic rings. The standard InChI is InChI=1S/C42H59F2N5O6S2/c1-3-25-56(51,52)49-22-5-4-11-37(27-49)57(53,54)36-16-14-35(15-17-36)48-29-41(44,30-48)28-47-23-18-32(19-24-47)42(31-46-20-8-21-46,33-9-6-10-34(43)26-33)38-12-7-13-39(38)45-40(50)55-2/h3,6,9-10,14-17,25-26,32,37-39H,4-5,7-8,11-13,18-24,27-31H2,1-2H3,(H,45,50)/b25-3+/t37-,38+,39+,42+/m1/s1. The molecular formula is C42H59F2N5O6S2. The van der Waals surface area contributed by atoms with Gasteiger partial charge in [-0.15, -0.1) is 0 Å². The van der Waals surface area contributed by atoms with Crippen molar-refractivity contribution >= 4 is 31.6 Å². The molecule has 4 atom stereocenters. The van der Waals surface area contributed by atoms with Gasteiger partial charge >= 0.3 is 6.09 Å². The average Bonchev–Trinajstić information content (AvgIpc) is 3.45. The number of hydrogen-bond acceptors (Lipinski definition) is 9. The van der Waals surface area contributed by atoms with Crippen LogP contribution in [0.25, 0.3) is 0 Å². The van der Waals surface area contributed by atoms with Gasteiger partial charge in [-0.25, -0.2) is 30.4 Å². The molecule has 0 bridgehead atoms. The summed E-state index contributed by atoms with van der Waals surface area (Å²) < 4.78 is 90.5. The Morgan fingerprint density at radius 3 is 2.30 bits per heavy atom. The summed E-state index contributed by atoms with van der Waals surface area (Å²) in [6, 6.07) is 13.5. The first-order valence-corrected chi connectivity index (χ1v) is 23.8. The SMILES string of the molecule is C/C=C/S(=O)(=O)N1CCCC[C@@H](S(=O)(=O)c2ccc(N3CC(F)(CN4CCC([C@@](CN5CCC5)(c5cccc(F)c5)[C@H]5CCC[C@@H]5NC(=O)OC)CC4)C3)cc2)C1. The molecule has 0 aromatic heterocycles. The van der Waals surface area contributed by atoms with E-state index in [0.717, 1.165) is 87.9 Å². The molecule has 1 saturated carbocycles. The van der Waals surface area contributed by atoms with Gasteiger partial charge in [0.25, 0.3) is 0 Å².